The van der Waals surface area contributed by atoms with Gasteiger partial charge in [-0.2, -0.15) is 0 Å². The quantitative estimate of drug-likeness (QED) is 0.857. The molecule has 1 saturated carbocycles. The van der Waals surface area contributed by atoms with Gasteiger partial charge in [-0.3, -0.25) is 9.59 Å². The summed E-state index contributed by atoms with van der Waals surface area (Å²) in [7, 11) is 0. The molecule has 8 nitrogen and oxygen atoms in total. The van der Waals surface area contributed by atoms with Gasteiger partial charge < -0.3 is 15.5 Å². The molecule has 8 heteroatoms. The van der Waals surface area contributed by atoms with E-state index in [1.807, 2.05) is 16.5 Å². The van der Waals surface area contributed by atoms with Crippen LogP contribution in [0.15, 0.2) is 6.20 Å². The van der Waals surface area contributed by atoms with E-state index in [0.717, 1.165) is 58.0 Å². The molecular formula is C19H30N6O2. The Bertz CT molecular complexity index is 711. The predicted octanol–water partition coefficient (Wildman–Crippen LogP) is 1.20. The summed E-state index contributed by atoms with van der Waals surface area (Å²) in [5.41, 5.74) is 5.97. The van der Waals surface area contributed by atoms with Crippen molar-refractivity contribution in [1.82, 2.24) is 24.8 Å². The van der Waals surface area contributed by atoms with Gasteiger partial charge in [-0.05, 0) is 51.9 Å². The van der Waals surface area contributed by atoms with Crippen molar-refractivity contribution >= 4 is 11.8 Å². The number of carbonyl (C=O) groups excluding carboxylic acids is 2. The Labute approximate surface area is 160 Å². The van der Waals surface area contributed by atoms with Crippen molar-refractivity contribution in [3.8, 4) is 0 Å². The highest BCUT2D eigenvalue weighted by atomic mass is 16.2. The van der Waals surface area contributed by atoms with E-state index in [0.29, 0.717) is 18.8 Å². The molecular weight excluding hydrogens is 344 g/mol. The van der Waals surface area contributed by atoms with Crippen LogP contribution in [0.4, 0.5) is 0 Å². The van der Waals surface area contributed by atoms with Crippen LogP contribution in [0.1, 0.15) is 68.4 Å². The highest BCUT2D eigenvalue weighted by molar-refractivity contribution is 5.93. The molecule has 1 aromatic rings. The molecule has 148 valence electrons. The van der Waals surface area contributed by atoms with E-state index < -0.39 is 0 Å². The lowest BCUT2D eigenvalue weighted by atomic mass is 9.78. The van der Waals surface area contributed by atoms with Gasteiger partial charge >= 0.3 is 0 Å². The van der Waals surface area contributed by atoms with Gasteiger partial charge in [0.15, 0.2) is 5.69 Å². The molecule has 0 bridgehead atoms. The Morgan fingerprint density at radius 1 is 1.26 bits per heavy atom. The smallest absolute Gasteiger partial charge is 0.276 e. The average molecular weight is 374 g/mol. The van der Waals surface area contributed by atoms with Gasteiger partial charge in [-0.15, -0.1) is 5.10 Å². The van der Waals surface area contributed by atoms with Gasteiger partial charge in [0.25, 0.3) is 5.91 Å². The molecule has 3 fully saturated rings. The zero-order valence-corrected chi connectivity index (χ0v) is 16.1. The number of rotatable bonds is 3. The molecule has 2 N–H and O–H groups in total. The number of carbonyl (C=O) groups is 2. The summed E-state index contributed by atoms with van der Waals surface area (Å²) in [5, 5.41) is 8.34. The lowest BCUT2D eigenvalue weighted by Gasteiger charge is -2.38. The van der Waals surface area contributed by atoms with Gasteiger partial charge in [0.1, 0.15) is 0 Å². The molecule has 1 unspecified atom stereocenters. The minimum Gasteiger partial charge on any atom is -0.342 e. The molecule has 1 atom stereocenters. The van der Waals surface area contributed by atoms with Crippen molar-refractivity contribution < 1.29 is 9.59 Å². The van der Waals surface area contributed by atoms with E-state index in [9.17, 15) is 9.59 Å². The van der Waals surface area contributed by atoms with Crippen molar-refractivity contribution in [3.63, 3.8) is 0 Å². The Hall–Kier alpha value is -1.96. The largest absolute Gasteiger partial charge is 0.342 e. The topological polar surface area (TPSA) is 97.3 Å². The first-order valence-electron chi connectivity index (χ1n) is 10.3. The van der Waals surface area contributed by atoms with Crippen LogP contribution in [0.3, 0.4) is 0 Å². The average Bonchev–Trinajstić information content (AvgIpc) is 3.33. The van der Waals surface area contributed by atoms with Crippen LogP contribution in [0.25, 0.3) is 0 Å². The van der Waals surface area contributed by atoms with Crippen LogP contribution < -0.4 is 5.73 Å². The molecule has 1 aromatic heterocycles. The zero-order valence-electron chi connectivity index (χ0n) is 16.1. The summed E-state index contributed by atoms with van der Waals surface area (Å²) >= 11 is 0. The maximum absolute atomic E-state index is 12.9. The van der Waals surface area contributed by atoms with E-state index in [1.165, 1.54) is 0 Å². The number of likely N-dealkylation sites (tertiary alicyclic amines) is 2. The number of nitrogens with zero attached hydrogens (tertiary/aromatic N) is 5. The fourth-order valence-electron chi connectivity index (χ4n) is 4.96. The molecule has 27 heavy (non-hydrogen) atoms. The molecule has 2 saturated heterocycles. The van der Waals surface area contributed by atoms with Crippen molar-refractivity contribution in [2.75, 3.05) is 26.2 Å². The van der Waals surface area contributed by atoms with Crippen LogP contribution in [-0.4, -0.2) is 68.8 Å². The Kier molecular flexibility index (Phi) is 4.92. The summed E-state index contributed by atoms with van der Waals surface area (Å²) < 4.78 is 1.83. The van der Waals surface area contributed by atoms with Gasteiger partial charge in [0, 0.05) is 32.2 Å². The third-order valence-electron chi connectivity index (χ3n) is 6.69. The first-order valence-corrected chi connectivity index (χ1v) is 10.3. The third-order valence-corrected chi connectivity index (χ3v) is 6.69. The van der Waals surface area contributed by atoms with E-state index in [-0.39, 0.29) is 29.3 Å². The van der Waals surface area contributed by atoms with E-state index >= 15 is 0 Å². The second-order valence-corrected chi connectivity index (χ2v) is 8.40. The second-order valence-electron chi connectivity index (χ2n) is 8.40. The van der Waals surface area contributed by atoms with E-state index in [1.54, 1.807) is 11.1 Å². The Morgan fingerprint density at radius 2 is 2.04 bits per heavy atom. The molecule has 2 amide bonds. The van der Waals surface area contributed by atoms with Crippen molar-refractivity contribution in [3.05, 3.63) is 11.9 Å². The SMILES string of the molecule is CCN1CCCC2(CCN(C(=O)c3cn(C4CCC(N)CC4)nn3)C2)C1=O. The van der Waals surface area contributed by atoms with Gasteiger partial charge in [0.05, 0.1) is 17.7 Å². The summed E-state index contributed by atoms with van der Waals surface area (Å²) in [6.07, 6.45) is 8.34. The summed E-state index contributed by atoms with van der Waals surface area (Å²) in [6.45, 7) is 4.73. The fourth-order valence-corrected chi connectivity index (χ4v) is 4.96. The van der Waals surface area contributed by atoms with Crippen LogP contribution in [0.5, 0.6) is 0 Å². The van der Waals surface area contributed by atoms with Gasteiger partial charge in [0.2, 0.25) is 5.91 Å². The minimum atomic E-state index is -0.389. The van der Waals surface area contributed by atoms with Gasteiger partial charge in [-0.1, -0.05) is 5.21 Å². The number of nitrogens with two attached hydrogens (primary N) is 1. The maximum atomic E-state index is 12.9. The minimum absolute atomic E-state index is 0.105. The fraction of sp³-hybridized carbons (Fsp3) is 0.789. The Morgan fingerprint density at radius 3 is 2.78 bits per heavy atom. The Balaban J connectivity index is 1.43. The summed E-state index contributed by atoms with van der Waals surface area (Å²) in [6, 6.07) is 0.559. The third kappa shape index (κ3) is 3.35. The molecule has 0 aromatic carbocycles. The van der Waals surface area contributed by atoms with Crippen molar-refractivity contribution in [2.45, 2.75) is 64.0 Å². The van der Waals surface area contributed by atoms with Crippen LogP contribution >= 0.6 is 0 Å². The molecule has 1 aliphatic carbocycles. The molecule has 1 spiro atoms. The number of hydrogen-bond acceptors (Lipinski definition) is 5. The summed E-state index contributed by atoms with van der Waals surface area (Å²) in [4.78, 5) is 29.5. The molecule has 4 rings (SSSR count). The molecule has 3 heterocycles. The normalized spacial score (nSPS) is 31.7. The highest BCUT2D eigenvalue weighted by Crippen LogP contribution is 2.40. The number of hydrogen-bond donors (Lipinski definition) is 1. The molecule has 3 aliphatic rings. The van der Waals surface area contributed by atoms with Gasteiger partial charge in [-0.25, -0.2) is 4.68 Å². The van der Waals surface area contributed by atoms with Crippen molar-refractivity contribution in [1.29, 1.82) is 0 Å². The molecule has 2 aliphatic heterocycles. The number of aromatic nitrogens is 3. The monoisotopic (exact) mass is 374 g/mol. The van der Waals surface area contributed by atoms with E-state index in [2.05, 4.69) is 10.3 Å². The zero-order chi connectivity index (χ0) is 19.0. The highest BCUT2D eigenvalue weighted by Gasteiger charge is 2.49. The lowest BCUT2D eigenvalue weighted by molar-refractivity contribution is -0.145. The van der Waals surface area contributed by atoms with Crippen molar-refractivity contribution in [2.24, 2.45) is 11.1 Å². The number of amides is 2. The van der Waals surface area contributed by atoms with E-state index in [4.69, 9.17) is 5.73 Å². The standard InChI is InChI=1S/C19H30N6O2/c1-2-23-10-3-8-19(18(23)27)9-11-24(13-19)17(26)16-12-25(22-21-16)15-6-4-14(20)5-7-15/h12,14-15H,2-11,13,20H2,1H3. The van der Waals surface area contributed by atoms with Crippen LogP contribution in [0.2, 0.25) is 0 Å². The second kappa shape index (κ2) is 7.22. The first kappa shape index (κ1) is 18.4. The summed E-state index contributed by atoms with van der Waals surface area (Å²) in [5.74, 6) is 0.112. The molecule has 0 radical (unpaired) electrons. The number of piperidine rings is 1. The predicted molar refractivity (Wildman–Crippen MR) is 99.9 cm³/mol. The first-order chi connectivity index (χ1) is 13.0. The lowest BCUT2D eigenvalue weighted by Crippen LogP contribution is -2.50. The van der Waals surface area contributed by atoms with Crippen LogP contribution in [0, 0.1) is 5.41 Å². The van der Waals surface area contributed by atoms with Crippen LogP contribution in [-0.2, 0) is 4.79 Å². The maximum Gasteiger partial charge on any atom is 0.276 e.